The number of carboxylic acids is 1. The van der Waals surface area contributed by atoms with E-state index in [9.17, 15) is 15.0 Å². The molecule has 2 aromatic heterocycles. The lowest BCUT2D eigenvalue weighted by Gasteiger charge is -2.10. The molecule has 4 rings (SSSR count). The predicted octanol–water partition coefficient (Wildman–Crippen LogP) is 5.83. The predicted molar refractivity (Wildman–Crippen MR) is 118 cm³/mol. The van der Waals surface area contributed by atoms with Crippen molar-refractivity contribution in [1.29, 1.82) is 0 Å². The first kappa shape index (κ1) is 19.4. The maximum atomic E-state index is 11.3. The van der Waals surface area contributed by atoms with Crippen LogP contribution in [0.5, 0.6) is 5.75 Å². The van der Waals surface area contributed by atoms with Gasteiger partial charge in [-0.25, -0.2) is 14.8 Å². The molecule has 0 bridgehead atoms. The molecule has 2 aromatic carbocycles. The smallest absolute Gasteiger partial charge is 0.339 e. The molecule has 0 fully saturated rings. The highest BCUT2D eigenvalue weighted by Crippen LogP contribution is 2.42. The first-order chi connectivity index (χ1) is 14.0. The fourth-order valence-electron chi connectivity index (χ4n) is 3.17. The van der Waals surface area contributed by atoms with Gasteiger partial charge < -0.3 is 15.5 Å². The van der Waals surface area contributed by atoms with Gasteiger partial charge in [0, 0.05) is 20.6 Å². The lowest BCUT2D eigenvalue weighted by molar-refractivity contribution is 0.0694. The number of nitrogens with zero attached hydrogens (tertiary/aromatic N) is 2. The highest BCUT2D eigenvalue weighted by Gasteiger charge is 2.19. The Hall–Kier alpha value is -2.97. The number of thiophene rings is 1. The van der Waals surface area contributed by atoms with Crippen molar-refractivity contribution >= 4 is 55.0 Å². The maximum Gasteiger partial charge on any atom is 0.339 e. The molecule has 0 atom stereocenters. The molecule has 146 valence electrons. The second kappa shape index (κ2) is 7.81. The molecule has 8 heteroatoms. The molecule has 4 aromatic rings. The Balaban J connectivity index is 1.88. The van der Waals surface area contributed by atoms with E-state index in [4.69, 9.17) is 0 Å². The molecule has 0 saturated carbocycles. The summed E-state index contributed by atoms with van der Waals surface area (Å²) in [5.41, 5.74) is 2.48. The van der Waals surface area contributed by atoms with Gasteiger partial charge in [0.25, 0.3) is 0 Å². The highest BCUT2D eigenvalue weighted by molar-refractivity contribution is 9.10. The van der Waals surface area contributed by atoms with Crippen molar-refractivity contribution in [3.8, 4) is 16.9 Å². The van der Waals surface area contributed by atoms with Gasteiger partial charge in [-0.1, -0.05) is 35.0 Å². The second-order valence-electron chi connectivity index (χ2n) is 6.33. The minimum Gasteiger partial charge on any atom is -0.507 e. The Bertz CT molecular complexity index is 1220. The van der Waals surface area contributed by atoms with Gasteiger partial charge in [0.1, 0.15) is 28.3 Å². The minimum atomic E-state index is -1.20. The van der Waals surface area contributed by atoms with Crippen LogP contribution in [0.4, 0.5) is 11.5 Å². The van der Waals surface area contributed by atoms with E-state index in [1.165, 1.54) is 23.3 Å². The van der Waals surface area contributed by atoms with E-state index < -0.39 is 5.97 Å². The van der Waals surface area contributed by atoms with Crippen molar-refractivity contribution in [1.82, 2.24) is 9.97 Å². The molecule has 0 aliphatic rings. The van der Waals surface area contributed by atoms with Crippen LogP contribution in [0.3, 0.4) is 0 Å². The third-order valence-corrected chi connectivity index (χ3v) is 6.28. The fraction of sp³-hybridized carbons (Fsp3) is 0.0952. The van der Waals surface area contributed by atoms with Gasteiger partial charge >= 0.3 is 5.97 Å². The van der Waals surface area contributed by atoms with E-state index in [0.29, 0.717) is 11.5 Å². The quantitative estimate of drug-likeness (QED) is 0.318. The van der Waals surface area contributed by atoms with Crippen molar-refractivity contribution < 1.29 is 15.0 Å². The number of halogens is 1. The minimum absolute atomic E-state index is 0.173. The van der Waals surface area contributed by atoms with Gasteiger partial charge in [-0.2, -0.15) is 0 Å². The number of anilines is 2. The molecule has 6 nitrogen and oxygen atoms in total. The van der Waals surface area contributed by atoms with Crippen LogP contribution in [0.2, 0.25) is 0 Å². The Labute approximate surface area is 179 Å². The van der Waals surface area contributed by atoms with E-state index in [2.05, 4.69) is 38.1 Å². The molecule has 0 radical (unpaired) electrons. The number of aryl methyl sites for hydroxylation is 1. The van der Waals surface area contributed by atoms with E-state index in [0.717, 1.165) is 32.2 Å². The number of hydrogen-bond acceptors (Lipinski definition) is 6. The Morgan fingerprint density at radius 1 is 1.17 bits per heavy atom. The molecule has 29 heavy (non-hydrogen) atoms. The van der Waals surface area contributed by atoms with Crippen LogP contribution in [-0.2, 0) is 6.42 Å². The summed E-state index contributed by atoms with van der Waals surface area (Å²) in [5.74, 6) is -0.889. The average Bonchev–Trinajstić information content (AvgIpc) is 3.09. The summed E-state index contributed by atoms with van der Waals surface area (Å²) in [6.07, 6.45) is 2.35. The van der Waals surface area contributed by atoms with Gasteiger partial charge in [-0.05, 0) is 42.3 Å². The number of fused-ring (bicyclic) bond motifs is 1. The van der Waals surface area contributed by atoms with Gasteiger partial charge in [0.2, 0.25) is 0 Å². The number of carboxylic acid groups (broad SMARTS) is 1. The molecule has 0 aliphatic carbocycles. The maximum absolute atomic E-state index is 11.3. The van der Waals surface area contributed by atoms with Crippen LogP contribution in [0.1, 0.15) is 22.2 Å². The van der Waals surface area contributed by atoms with Crippen LogP contribution in [0.15, 0.2) is 53.3 Å². The van der Waals surface area contributed by atoms with Crippen LogP contribution in [0, 0.1) is 0 Å². The first-order valence-electron chi connectivity index (χ1n) is 8.83. The number of rotatable bonds is 5. The van der Waals surface area contributed by atoms with E-state index in [-0.39, 0.29) is 11.3 Å². The lowest BCUT2D eigenvalue weighted by Crippen LogP contribution is -2.00. The summed E-state index contributed by atoms with van der Waals surface area (Å²) in [5, 5.41) is 23.1. The normalized spacial score (nSPS) is 11.0. The first-order valence-corrected chi connectivity index (χ1v) is 10.4. The van der Waals surface area contributed by atoms with Gasteiger partial charge in [-0.15, -0.1) is 11.3 Å². The number of aromatic nitrogens is 2. The standard InChI is InChI=1S/C21H16BrN3O3S/c1-2-16-17(11-3-5-12(22)6-4-11)18-19(23-10-24-20(18)29-16)25-13-7-8-15(26)14(9-13)21(27)28/h3-10,26H,2H2,1H3,(H,27,28)(H,23,24,25). The summed E-state index contributed by atoms with van der Waals surface area (Å²) in [7, 11) is 0. The molecular formula is C21H16BrN3O3S. The number of aromatic hydroxyl groups is 1. The fourth-order valence-corrected chi connectivity index (χ4v) is 4.53. The van der Waals surface area contributed by atoms with E-state index in [1.807, 2.05) is 24.3 Å². The zero-order chi connectivity index (χ0) is 20.5. The van der Waals surface area contributed by atoms with Crippen LogP contribution in [0.25, 0.3) is 21.3 Å². The topological polar surface area (TPSA) is 95.3 Å². The van der Waals surface area contributed by atoms with E-state index in [1.54, 1.807) is 17.4 Å². The largest absolute Gasteiger partial charge is 0.507 e. The summed E-state index contributed by atoms with van der Waals surface area (Å²) < 4.78 is 0.999. The number of nitrogens with one attached hydrogen (secondary N) is 1. The Kier molecular flexibility index (Phi) is 5.21. The number of phenols is 1. The van der Waals surface area contributed by atoms with Crippen molar-refractivity contribution in [2.75, 3.05) is 5.32 Å². The molecule has 0 amide bonds. The number of benzene rings is 2. The summed E-state index contributed by atoms with van der Waals surface area (Å²) in [6, 6.07) is 12.4. The van der Waals surface area contributed by atoms with Crippen molar-refractivity contribution in [2.45, 2.75) is 13.3 Å². The molecule has 2 heterocycles. The van der Waals surface area contributed by atoms with Gasteiger partial charge in [0.15, 0.2) is 0 Å². The third kappa shape index (κ3) is 3.68. The summed E-state index contributed by atoms with van der Waals surface area (Å²) in [6.45, 7) is 2.10. The van der Waals surface area contributed by atoms with E-state index >= 15 is 0 Å². The Morgan fingerprint density at radius 3 is 2.62 bits per heavy atom. The van der Waals surface area contributed by atoms with Gasteiger partial charge in [-0.3, -0.25) is 0 Å². The summed E-state index contributed by atoms with van der Waals surface area (Å²) >= 11 is 5.10. The third-order valence-electron chi connectivity index (χ3n) is 4.50. The highest BCUT2D eigenvalue weighted by atomic mass is 79.9. The molecular weight excluding hydrogens is 454 g/mol. The van der Waals surface area contributed by atoms with Crippen LogP contribution >= 0.6 is 27.3 Å². The molecule has 0 spiro atoms. The zero-order valence-electron chi connectivity index (χ0n) is 15.3. The van der Waals surface area contributed by atoms with Crippen molar-refractivity contribution in [2.24, 2.45) is 0 Å². The van der Waals surface area contributed by atoms with Crippen molar-refractivity contribution in [3.05, 3.63) is 63.7 Å². The SMILES string of the molecule is CCc1sc2ncnc(Nc3ccc(O)c(C(=O)O)c3)c2c1-c1ccc(Br)cc1. The number of hydrogen-bond donors (Lipinski definition) is 3. The molecule has 0 unspecified atom stereocenters. The molecule has 0 saturated heterocycles. The lowest BCUT2D eigenvalue weighted by atomic mass is 10.0. The number of carbonyl (C=O) groups is 1. The zero-order valence-corrected chi connectivity index (χ0v) is 17.7. The van der Waals surface area contributed by atoms with Gasteiger partial charge in [0.05, 0.1) is 5.39 Å². The monoisotopic (exact) mass is 469 g/mol. The average molecular weight is 470 g/mol. The molecule has 0 aliphatic heterocycles. The Morgan fingerprint density at radius 2 is 1.93 bits per heavy atom. The van der Waals surface area contributed by atoms with Crippen molar-refractivity contribution in [3.63, 3.8) is 0 Å². The van der Waals surface area contributed by atoms with Crippen LogP contribution < -0.4 is 5.32 Å². The second-order valence-corrected chi connectivity index (χ2v) is 8.32. The number of aromatic carboxylic acids is 1. The summed E-state index contributed by atoms with van der Waals surface area (Å²) in [4.78, 5) is 22.2. The molecule has 3 N–H and O–H groups in total. The van der Waals surface area contributed by atoms with Crippen LogP contribution in [-0.4, -0.2) is 26.2 Å².